The fourth-order valence-corrected chi connectivity index (χ4v) is 3.68. The maximum atomic E-state index is 13.0. The van der Waals surface area contributed by atoms with Gasteiger partial charge in [0.05, 0.1) is 29.5 Å². The van der Waals surface area contributed by atoms with Crippen LogP contribution in [0.25, 0.3) is 11.0 Å². The van der Waals surface area contributed by atoms with Crippen molar-refractivity contribution in [3.05, 3.63) is 77.2 Å². The number of rotatable bonds is 8. The first kappa shape index (κ1) is 22.9. The summed E-state index contributed by atoms with van der Waals surface area (Å²) in [6.45, 7) is 3.23. The molecule has 2 heterocycles. The molecule has 1 atom stereocenters. The lowest BCUT2D eigenvalue weighted by Crippen LogP contribution is -2.50. The van der Waals surface area contributed by atoms with Crippen LogP contribution < -0.4 is 15.4 Å². The second-order valence-corrected chi connectivity index (χ2v) is 7.52. The Morgan fingerprint density at radius 1 is 0.971 bits per heavy atom. The highest BCUT2D eigenvalue weighted by Crippen LogP contribution is 2.28. The Kier molecular flexibility index (Phi) is 6.82. The van der Waals surface area contributed by atoms with Crippen molar-refractivity contribution in [2.45, 2.75) is 26.5 Å². The molecule has 0 saturated heterocycles. The SMILES string of the molecule is CCOC(=O)C1=C(COC(=O)c2oc3ccccc3c2COc2ccccc2)NC(=O)N[C@H]1C. The van der Waals surface area contributed by atoms with Crippen molar-refractivity contribution in [2.24, 2.45) is 0 Å². The molecule has 1 aliphatic heterocycles. The molecule has 9 heteroatoms. The summed E-state index contributed by atoms with van der Waals surface area (Å²) >= 11 is 0. The van der Waals surface area contributed by atoms with Gasteiger partial charge in [-0.05, 0) is 32.0 Å². The van der Waals surface area contributed by atoms with Crippen LogP contribution in [0.1, 0.15) is 30.0 Å². The van der Waals surface area contributed by atoms with Crippen molar-refractivity contribution >= 4 is 28.9 Å². The number of urea groups is 1. The van der Waals surface area contributed by atoms with E-state index >= 15 is 0 Å². The van der Waals surface area contributed by atoms with Crippen LogP contribution >= 0.6 is 0 Å². The Bertz CT molecular complexity index is 1250. The molecular formula is C25H24N2O7. The molecule has 0 unspecified atom stereocenters. The zero-order chi connectivity index (χ0) is 24.1. The number of amides is 2. The summed E-state index contributed by atoms with van der Waals surface area (Å²) in [5, 5.41) is 5.84. The molecule has 0 aliphatic carbocycles. The second kappa shape index (κ2) is 10.1. The number of nitrogens with one attached hydrogen (secondary N) is 2. The Morgan fingerprint density at radius 3 is 2.47 bits per heavy atom. The normalized spacial score (nSPS) is 15.5. The molecule has 4 rings (SSSR count). The maximum Gasteiger partial charge on any atom is 0.375 e. The van der Waals surface area contributed by atoms with Crippen LogP contribution in [0.3, 0.4) is 0 Å². The van der Waals surface area contributed by atoms with Crippen molar-refractivity contribution in [3.63, 3.8) is 0 Å². The molecule has 176 valence electrons. The summed E-state index contributed by atoms with van der Waals surface area (Å²) in [4.78, 5) is 37.3. The fourth-order valence-electron chi connectivity index (χ4n) is 3.68. The number of ether oxygens (including phenoxy) is 3. The van der Waals surface area contributed by atoms with Gasteiger partial charge in [-0.25, -0.2) is 14.4 Å². The lowest BCUT2D eigenvalue weighted by atomic mass is 10.0. The quantitative estimate of drug-likeness (QED) is 0.489. The minimum Gasteiger partial charge on any atom is -0.489 e. The van der Waals surface area contributed by atoms with Gasteiger partial charge in [0, 0.05) is 5.39 Å². The van der Waals surface area contributed by atoms with Crippen LogP contribution in [-0.4, -0.2) is 37.2 Å². The molecule has 34 heavy (non-hydrogen) atoms. The third-order valence-electron chi connectivity index (χ3n) is 5.22. The van der Waals surface area contributed by atoms with E-state index in [1.807, 2.05) is 42.5 Å². The maximum absolute atomic E-state index is 13.0. The largest absolute Gasteiger partial charge is 0.489 e. The smallest absolute Gasteiger partial charge is 0.375 e. The van der Waals surface area contributed by atoms with Gasteiger partial charge in [0.1, 0.15) is 24.5 Å². The van der Waals surface area contributed by atoms with Crippen molar-refractivity contribution < 1.29 is 33.0 Å². The second-order valence-electron chi connectivity index (χ2n) is 7.52. The first-order valence-electron chi connectivity index (χ1n) is 10.8. The Hall–Kier alpha value is -4.27. The molecule has 0 fully saturated rings. The third kappa shape index (κ3) is 4.88. The number of hydrogen-bond donors (Lipinski definition) is 2. The molecular weight excluding hydrogens is 440 g/mol. The van der Waals surface area contributed by atoms with E-state index in [9.17, 15) is 14.4 Å². The van der Waals surface area contributed by atoms with Gasteiger partial charge in [-0.15, -0.1) is 0 Å². The highest BCUT2D eigenvalue weighted by Gasteiger charge is 2.31. The van der Waals surface area contributed by atoms with E-state index in [0.29, 0.717) is 16.9 Å². The van der Waals surface area contributed by atoms with E-state index in [0.717, 1.165) is 5.39 Å². The molecule has 3 aromatic rings. The van der Waals surface area contributed by atoms with Crippen LogP contribution in [0.5, 0.6) is 5.75 Å². The average molecular weight is 464 g/mol. The van der Waals surface area contributed by atoms with Crippen molar-refractivity contribution in [1.29, 1.82) is 0 Å². The Labute approximate surface area is 195 Å². The standard InChI is InChI=1S/C25H24N2O7/c1-3-31-23(28)21-15(2)26-25(30)27-19(21)14-33-24(29)22-18(13-32-16-9-5-4-6-10-16)17-11-7-8-12-20(17)34-22/h4-12,15H,3,13-14H2,1-2H3,(H2,26,27,30)/t15-/m0/s1. The molecule has 1 aliphatic rings. The molecule has 2 amide bonds. The van der Waals surface area contributed by atoms with E-state index < -0.39 is 24.0 Å². The van der Waals surface area contributed by atoms with Gasteiger partial charge in [0.25, 0.3) is 0 Å². The molecule has 2 aromatic carbocycles. The topological polar surface area (TPSA) is 116 Å². The summed E-state index contributed by atoms with van der Waals surface area (Å²) in [5.41, 5.74) is 1.39. The predicted molar refractivity (Wildman–Crippen MR) is 122 cm³/mol. The number of esters is 2. The fraction of sp³-hybridized carbons (Fsp3) is 0.240. The first-order valence-corrected chi connectivity index (χ1v) is 10.8. The van der Waals surface area contributed by atoms with Gasteiger partial charge >= 0.3 is 18.0 Å². The van der Waals surface area contributed by atoms with Gasteiger partial charge in [-0.2, -0.15) is 0 Å². The van der Waals surface area contributed by atoms with Crippen molar-refractivity contribution in [1.82, 2.24) is 10.6 Å². The third-order valence-corrected chi connectivity index (χ3v) is 5.22. The number of carbonyl (C=O) groups is 3. The minimum absolute atomic E-state index is 0.0104. The highest BCUT2D eigenvalue weighted by atomic mass is 16.5. The number of carbonyl (C=O) groups excluding carboxylic acids is 3. The summed E-state index contributed by atoms with van der Waals surface area (Å²) < 4.78 is 22.2. The Balaban J connectivity index is 1.58. The molecule has 2 N–H and O–H groups in total. The number of furan rings is 1. The van der Waals surface area contributed by atoms with E-state index in [2.05, 4.69) is 10.6 Å². The monoisotopic (exact) mass is 464 g/mol. The number of fused-ring (bicyclic) bond motifs is 1. The molecule has 0 saturated carbocycles. The molecule has 0 radical (unpaired) electrons. The van der Waals surface area contributed by atoms with Crippen molar-refractivity contribution in [2.75, 3.05) is 13.2 Å². The number of benzene rings is 2. The molecule has 0 spiro atoms. The van der Waals surface area contributed by atoms with E-state index in [4.69, 9.17) is 18.6 Å². The van der Waals surface area contributed by atoms with Gasteiger partial charge in [-0.3, -0.25) is 0 Å². The number of para-hydroxylation sites is 2. The van der Waals surface area contributed by atoms with Crippen LogP contribution in [0.4, 0.5) is 4.79 Å². The summed E-state index contributed by atoms with van der Waals surface area (Å²) in [7, 11) is 0. The summed E-state index contributed by atoms with van der Waals surface area (Å²) in [6.07, 6.45) is 0. The highest BCUT2D eigenvalue weighted by molar-refractivity contribution is 5.97. The average Bonchev–Trinajstić information content (AvgIpc) is 3.20. The van der Waals surface area contributed by atoms with Crippen molar-refractivity contribution in [3.8, 4) is 5.75 Å². The zero-order valence-corrected chi connectivity index (χ0v) is 18.8. The summed E-state index contributed by atoms with van der Waals surface area (Å²) in [6, 6.07) is 15.3. The van der Waals surface area contributed by atoms with Crippen LogP contribution in [0, 0.1) is 0 Å². The minimum atomic E-state index is -0.751. The zero-order valence-electron chi connectivity index (χ0n) is 18.8. The van der Waals surface area contributed by atoms with E-state index in [-0.39, 0.29) is 36.9 Å². The van der Waals surface area contributed by atoms with Crippen LogP contribution in [0.2, 0.25) is 0 Å². The molecule has 9 nitrogen and oxygen atoms in total. The van der Waals surface area contributed by atoms with Gasteiger partial charge in [0.2, 0.25) is 5.76 Å². The first-order chi connectivity index (χ1) is 16.5. The summed E-state index contributed by atoms with van der Waals surface area (Å²) in [5.74, 6) is -0.722. The predicted octanol–water partition coefficient (Wildman–Crippen LogP) is 3.69. The molecule has 0 bridgehead atoms. The van der Waals surface area contributed by atoms with Crippen LogP contribution in [0.15, 0.2) is 70.3 Å². The van der Waals surface area contributed by atoms with Gasteiger partial charge in [-0.1, -0.05) is 36.4 Å². The lowest BCUT2D eigenvalue weighted by Gasteiger charge is -2.26. The number of hydrogen-bond acceptors (Lipinski definition) is 7. The van der Waals surface area contributed by atoms with E-state index in [1.165, 1.54) is 0 Å². The van der Waals surface area contributed by atoms with Crippen LogP contribution in [-0.2, 0) is 20.9 Å². The van der Waals surface area contributed by atoms with Gasteiger partial charge in [0.15, 0.2) is 0 Å². The van der Waals surface area contributed by atoms with E-state index in [1.54, 1.807) is 26.0 Å². The lowest BCUT2D eigenvalue weighted by molar-refractivity contribution is -0.139. The Morgan fingerprint density at radius 2 is 1.71 bits per heavy atom. The van der Waals surface area contributed by atoms with Gasteiger partial charge < -0.3 is 29.3 Å². The molecule has 1 aromatic heterocycles.